The predicted molar refractivity (Wildman–Crippen MR) is 79.5 cm³/mol. The number of pyridine rings is 1. The summed E-state index contributed by atoms with van der Waals surface area (Å²) >= 11 is 5.97. The van der Waals surface area contributed by atoms with Crippen molar-refractivity contribution in [1.82, 2.24) is 14.8 Å². The van der Waals surface area contributed by atoms with Crippen LogP contribution in [0.3, 0.4) is 0 Å². The Balaban J connectivity index is 2.20. The molecule has 0 radical (unpaired) electrons. The molecule has 0 bridgehead atoms. The Morgan fingerprint density at radius 3 is 2.54 bits per heavy atom. The number of nitrogens with zero attached hydrogens (tertiary/aromatic N) is 3. The van der Waals surface area contributed by atoms with E-state index >= 15 is 0 Å². The average Bonchev–Trinajstić information content (AvgIpc) is 2.96. The fourth-order valence-electron chi connectivity index (χ4n) is 2.24. The summed E-state index contributed by atoms with van der Waals surface area (Å²) in [6, 6.07) is 3.54. The van der Waals surface area contributed by atoms with E-state index in [0.29, 0.717) is 12.3 Å². The molecule has 0 saturated heterocycles. The Kier molecular flexibility index (Phi) is 3.76. The predicted octanol–water partition coefficient (Wildman–Crippen LogP) is 3.98. The van der Waals surface area contributed by atoms with Crippen molar-refractivity contribution in [2.45, 2.75) is 18.7 Å². The quantitative estimate of drug-likeness (QED) is 0.704. The molecule has 9 heteroatoms. The first-order chi connectivity index (χ1) is 11.1. The van der Waals surface area contributed by atoms with Crippen LogP contribution in [0.4, 0.5) is 17.6 Å². The molecule has 0 aliphatic rings. The highest BCUT2D eigenvalue weighted by molar-refractivity contribution is 6.35. The minimum atomic E-state index is -4.89. The third-order valence-corrected chi connectivity index (χ3v) is 4.04. The molecule has 1 atom stereocenters. The Labute approximate surface area is 138 Å². The first-order valence-corrected chi connectivity index (χ1v) is 7.07. The van der Waals surface area contributed by atoms with E-state index in [1.807, 2.05) is 0 Å². The topological polar surface area (TPSA) is 50.9 Å². The molecule has 2 heterocycles. The largest absolute Gasteiger partial charge is 0.421 e. The van der Waals surface area contributed by atoms with Gasteiger partial charge in [0, 0.05) is 17.1 Å². The molecule has 4 nitrogen and oxygen atoms in total. The molecule has 1 aromatic carbocycles. The average molecular weight is 360 g/mol. The van der Waals surface area contributed by atoms with Gasteiger partial charge in [0.2, 0.25) is 0 Å². The van der Waals surface area contributed by atoms with Gasteiger partial charge in [0.15, 0.2) is 5.60 Å². The number of halogens is 5. The van der Waals surface area contributed by atoms with Crippen LogP contribution in [0.25, 0.3) is 16.6 Å². The summed E-state index contributed by atoms with van der Waals surface area (Å²) in [5.41, 5.74) is -3.52. The molecule has 0 spiro atoms. The molecule has 0 amide bonds. The van der Waals surface area contributed by atoms with E-state index in [9.17, 15) is 22.7 Å². The van der Waals surface area contributed by atoms with Crippen LogP contribution in [0.2, 0.25) is 5.02 Å². The zero-order valence-corrected chi connectivity index (χ0v) is 12.9. The van der Waals surface area contributed by atoms with E-state index in [2.05, 4.69) is 10.1 Å². The fourth-order valence-corrected chi connectivity index (χ4v) is 2.44. The molecule has 0 fully saturated rings. The lowest BCUT2D eigenvalue weighted by Crippen LogP contribution is -2.39. The van der Waals surface area contributed by atoms with Gasteiger partial charge in [-0.3, -0.25) is 4.98 Å². The number of hydrogen-bond acceptors (Lipinski definition) is 3. The molecule has 0 saturated carbocycles. The zero-order chi connectivity index (χ0) is 17.7. The number of rotatable bonds is 2. The maximum Gasteiger partial charge on any atom is 0.421 e. The maximum absolute atomic E-state index is 14.1. The summed E-state index contributed by atoms with van der Waals surface area (Å²) in [7, 11) is 0. The van der Waals surface area contributed by atoms with E-state index in [0.717, 1.165) is 23.0 Å². The lowest BCUT2D eigenvalue weighted by molar-refractivity contribution is -0.259. The second kappa shape index (κ2) is 5.42. The second-order valence-electron chi connectivity index (χ2n) is 5.35. The Morgan fingerprint density at radius 2 is 1.88 bits per heavy atom. The van der Waals surface area contributed by atoms with Crippen molar-refractivity contribution >= 4 is 22.5 Å². The van der Waals surface area contributed by atoms with Crippen LogP contribution in [0, 0.1) is 5.82 Å². The number of aromatic nitrogens is 3. The van der Waals surface area contributed by atoms with Crippen LogP contribution < -0.4 is 0 Å². The lowest BCUT2D eigenvalue weighted by atomic mass is 9.97. The number of alkyl halides is 3. The standard InChI is InChI=1S/C15H10ClF4N3O/c1-14(24,15(18,19)20)8-4-9(6-21-5-8)23-13-10(7-22-23)11(16)2-3-12(13)17/h2-7,24H,1H3/t14-/m0/s1. The van der Waals surface area contributed by atoms with Crippen LogP contribution in [0.5, 0.6) is 0 Å². The van der Waals surface area contributed by atoms with Gasteiger partial charge >= 0.3 is 6.18 Å². The third kappa shape index (κ3) is 2.51. The van der Waals surface area contributed by atoms with Gasteiger partial charge in [0.05, 0.1) is 23.1 Å². The molecule has 0 aliphatic carbocycles. The fraction of sp³-hybridized carbons (Fsp3) is 0.200. The van der Waals surface area contributed by atoms with E-state index in [-0.39, 0.29) is 16.2 Å². The molecule has 126 valence electrons. The van der Waals surface area contributed by atoms with Gasteiger partial charge in [0.25, 0.3) is 0 Å². The number of fused-ring (bicyclic) bond motifs is 1. The molecule has 1 N–H and O–H groups in total. The second-order valence-corrected chi connectivity index (χ2v) is 5.76. The lowest BCUT2D eigenvalue weighted by Gasteiger charge is -2.26. The van der Waals surface area contributed by atoms with E-state index in [1.165, 1.54) is 18.5 Å². The van der Waals surface area contributed by atoms with Gasteiger partial charge in [-0.05, 0) is 25.1 Å². The van der Waals surface area contributed by atoms with E-state index < -0.39 is 23.2 Å². The zero-order valence-electron chi connectivity index (χ0n) is 12.1. The van der Waals surface area contributed by atoms with Gasteiger partial charge in [0.1, 0.15) is 11.3 Å². The van der Waals surface area contributed by atoms with Crippen molar-refractivity contribution in [3.8, 4) is 5.69 Å². The molecule has 3 aromatic rings. The van der Waals surface area contributed by atoms with Crippen molar-refractivity contribution in [1.29, 1.82) is 0 Å². The normalized spacial score (nSPS) is 14.8. The molecule has 0 aliphatic heterocycles. The first-order valence-electron chi connectivity index (χ1n) is 6.69. The molecular weight excluding hydrogens is 350 g/mol. The maximum atomic E-state index is 14.1. The summed E-state index contributed by atoms with van der Waals surface area (Å²) < 4.78 is 54.1. The Morgan fingerprint density at radius 1 is 1.17 bits per heavy atom. The minimum Gasteiger partial charge on any atom is -0.376 e. The van der Waals surface area contributed by atoms with Crippen molar-refractivity contribution in [2.24, 2.45) is 0 Å². The van der Waals surface area contributed by atoms with Crippen LogP contribution in [-0.4, -0.2) is 26.0 Å². The third-order valence-electron chi connectivity index (χ3n) is 3.71. The van der Waals surface area contributed by atoms with Crippen molar-refractivity contribution < 1.29 is 22.7 Å². The first kappa shape index (κ1) is 16.7. The smallest absolute Gasteiger partial charge is 0.376 e. The summed E-state index contributed by atoms with van der Waals surface area (Å²) in [6.07, 6.45) is -1.49. The van der Waals surface area contributed by atoms with Gasteiger partial charge in [-0.15, -0.1) is 0 Å². The summed E-state index contributed by atoms with van der Waals surface area (Å²) in [4.78, 5) is 3.70. The number of aliphatic hydroxyl groups is 1. The van der Waals surface area contributed by atoms with Gasteiger partial charge in [-0.1, -0.05) is 11.6 Å². The Hall–Kier alpha value is -2.19. The molecule has 2 aromatic heterocycles. The molecule has 3 rings (SSSR count). The van der Waals surface area contributed by atoms with Crippen LogP contribution in [-0.2, 0) is 5.60 Å². The van der Waals surface area contributed by atoms with Gasteiger partial charge in [-0.25, -0.2) is 9.07 Å². The van der Waals surface area contributed by atoms with Crippen molar-refractivity contribution in [3.05, 3.63) is 53.2 Å². The van der Waals surface area contributed by atoms with Gasteiger partial charge < -0.3 is 5.11 Å². The molecular formula is C15H10ClF4N3O. The summed E-state index contributed by atoms with van der Waals surface area (Å²) in [5, 5.41) is 14.3. The number of hydrogen-bond donors (Lipinski definition) is 1. The van der Waals surface area contributed by atoms with E-state index in [4.69, 9.17) is 11.6 Å². The number of benzene rings is 1. The summed E-state index contributed by atoms with van der Waals surface area (Å²) in [5.74, 6) is -0.639. The summed E-state index contributed by atoms with van der Waals surface area (Å²) in [6.45, 7) is 0.618. The molecule has 24 heavy (non-hydrogen) atoms. The van der Waals surface area contributed by atoms with Crippen molar-refractivity contribution in [3.63, 3.8) is 0 Å². The van der Waals surface area contributed by atoms with E-state index in [1.54, 1.807) is 0 Å². The highest BCUT2D eigenvalue weighted by Gasteiger charge is 2.51. The minimum absolute atomic E-state index is 0.00750. The Bertz CT molecular complexity index is 921. The highest BCUT2D eigenvalue weighted by atomic mass is 35.5. The van der Waals surface area contributed by atoms with Crippen LogP contribution >= 0.6 is 11.6 Å². The molecule has 0 unspecified atom stereocenters. The van der Waals surface area contributed by atoms with Crippen LogP contribution in [0.1, 0.15) is 12.5 Å². The van der Waals surface area contributed by atoms with Crippen molar-refractivity contribution in [2.75, 3.05) is 0 Å². The monoisotopic (exact) mass is 359 g/mol. The SMILES string of the molecule is C[C@](O)(c1cncc(-n2ncc3c(Cl)ccc(F)c32)c1)C(F)(F)F. The van der Waals surface area contributed by atoms with Crippen LogP contribution in [0.15, 0.2) is 36.8 Å². The highest BCUT2D eigenvalue weighted by Crippen LogP contribution is 2.38. The van der Waals surface area contributed by atoms with Gasteiger partial charge in [-0.2, -0.15) is 18.3 Å².